The highest BCUT2D eigenvalue weighted by molar-refractivity contribution is 5.36. The van der Waals surface area contributed by atoms with Crippen molar-refractivity contribution in [3.05, 3.63) is 34.9 Å². The van der Waals surface area contributed by atoms with Crippen LogP contribution in [0.1, 0.15) is 37.0 Å². The van der Waals surface area contributed by atoms with E-state index in [1.165, 1.54) is 6.07 Å². The van der Waals surface area contributed by atoms with Gasteiger partial charge in [-0.25, -0.2) is 0 Å². The first-order valence-corrected chi connectivity index (χ1v) is 6.30. The molecule has 1 atom stereocenters. The second-order valence-corrected chi connectivity index (χ2v) is 4.98. The van der Waals surface area contributed by atoms with Gasteiger partial charge in [-0.15, -0.1) is 0 Å². The Morgan fingerprint density at radius 3 is 2.37 bits per heavy atom. The van der Waals surface area contributed by atoms with Crippen molar-refractivity contribution >= 4 is 0 Å². The first-order valence-electron chi connectivity index (χ1n) is 6.30. The summed E-state index contributed by atoms with van der Waals surface area (Å²) in [5, 5.41) is 13.4. The van der Waals surface area contributed by atoms with E-state index in [1.54, 1.807) is 13.8 Å². The van der Waals surface area contributed by atoms with Gasteiger partial charge in [0.2, 0.25) is 0 Å². The van der Waals surface area contributed by atoms with Gasteiger partial charge >= 0.3 is 6.18 Å². The summed E-state index contributed by atoms with van der Waals surface area (Å²) in [5.74, 6) is 0. The average molecular weight is 275 g/mol. The smallest absolute Gasteiger partial charge is 0.384 e. The van der Waals surface area contributed by atoms with E-state index in [0.29, 0.717) is 17.7 Å². The van der Waals surface area contributed by atoms with E-state index in [9.17, 15) is 18.3 Å². The van der Waals surface area contributed by atoms with Crippen LogP contribution in [0.5, 0.6) is 0 Å². The molecule has 1 unspecified atom stereocenters. The number of rotatable bonds is 5. The molecule has 0 amide bonds. The van der Waals surface area contributed by atoms with Crippen LogP contribution in [0.3, 0.4) is 0 Å². The standard InChI is InChI=1S/C14H20F3NO/c1-4-7-18-9-13(3,19)12-6-5-11(8-10(12)2)14(15,16)17/h5-6,8,18-19H,4,7,9H2,1-3H3. The second-order valence-electron chi connectivity index (χ2n) is 4.98. The van der Waals surface area contributed by atoms with Crippen LogP contribution in [0.25, 0.3) is 0 Å². The number of hydrogen-bond acceptors (Lipinski definition) is 2. The fraction of sp³-hybridized carbons (Fsp3) is 0.571. The van der Waals surface area contributed by atoms with Crippen molar-refractivity contribution in [1.82, 2.24) is 5.32 Å². The molecule has 108 valence electrons. The molecule has 0 saturated carbocycles. The number of halogens is 3. The normalized spacial score (nSPS) is 15.3. The number of hydrogen-bond donors (Lipinski definition) is 2. The Balaban J connectivity index is 2.95. The minimum absolute atomic E-state index is 0.313. The molecule has 1 rings (SSSR count). The molecule has 0 aliphatic carbocycles. The van der Waals surface area contributed by atoms with Gasteiger partial charge in [0.15, 0.2) is 0 Å². The summed E-state index contributed by atoms with van der Waals surface area (Å²) in [4.78, 5) is 0. The van der Waals surface area contributed by atoms with Gasteiger partial charge in [0.05, 0.1) is 11.2 Å². The van der Waals surface area contributed by atoms with E-state index in [-0.39, 0.29) is 0 Å². The predicted molar refractivity (Wildman–Crippen MR) is 68.9 cm³/mol. The van der Waals surface area contributed by atoms with Gasteiger partial charge in [-0.3, -0.25) is 0 Å². The van der Waals surface area contributed by atoms with Crippen molar-refractivity contribution in [2.75, 3.05) is 13.1 Å². The molecule has 0 aliphatic heterocycles. The van der Waals surface area contributed by atoms with Gasteiger partial charge in [0.25, 0.3) is 0 Å². The van der Waals surface area contributed by atoms with Gasteiger partial charge < -0.3 is 10.4 Å². The summed E-state index contributed by atoms with van der Waals surface area (Å²) >= 11 is 0. The van der Waals surface area contributed by atoms with Crippen molar-refractivity contribution in [1.29, 1.82) is 0 Å². The summed E-state index contributed by atoms with van der Waals surface area (Å²) in [5.41, 5.74) is -0.906. The number of nitrogens with one attached hydrogen (secondary N) is 1. The maximum Gasteiger partial charge on any atom is 0.416 e. The fourth-order valence-corrected chi connectivity index (χ4v) is 2.05. The minimum Gasteiger partial charge on any atom is -0.384 e. The highest BCUT2D eigenvalue weighted by atomic mass is 19.4. The summed E-state index contributed by atoms with van der Waals surface area (Å²) in [6.45, 7) is 6.26. The Morgan fingerprint density at radius 1 is 1.26 bits per heavy atom. The molecule has 0 aliphatic rings. The third-order valence-electron chi connectivity index (χ3n) is 3.03. The van der Waals surface area contributed by atoms with E-state index in [4.69, 9.17) is 0 Å². The predicted octanol–water partition coefficient (Wildman–Crippen LogP) is 3.22. The molecule has 0 bridgehead atoms. The molecule has 0 spiro atoms. The Morgan fingerprint density at radius 2 is 1.89 bits per heavy atom. The molecule has 19 heavy (non-hydrogen) atoms. The van der Waals surface area contributed by atoms with E-state index in [1.807, 2.05) is 6.92 Å². The van der Waals surface area contributed by atoms with Gasteiger partial charge in [-0.1, -0.05) is 13.0 Å². The molecule has 0 heterocycles. The van der Waals surface area contributed by atoms with E-state index < -0.39 is 17.3 Å². The quantitative estimate of drug-likeness (QED) is 0.809. The van der Waals surface area contributed by atoms with Crippen molar-refractivity contribution in [3.63, 3.8) is 0 Å². The third-order valence-corrected chi connectivity index (χ3v) is 3.03. The highest BCUT2D eigenvalue weighted by Gasteiger charge is 2.32. The third kappa shape index (κ3) is 4.21. The largest absolute Gasteiger partial charge is 0.416 e. The van der Waals surface area contributed by atoms with Crippen LogP contribution in [0.2, 0.25) is 0 Å². The van der Waals surface area contributed by atoms with Gasteiger partial charge in [-0.05, 0) is 50.1 Å². The van der Waals surface area contributed by atoms with Gasteiger partial charge in [0, 0.05) is 6.54 Å². The molecule has 0 saturated heterocycles. The van der Waals surface area contributed by atoms with Crippen LogP contribution >= 0.6 is 0 Å². The maximum absolute atomic E-state index is 12.6. The first-order chi connectivity index (χ1) is 8.68. The summed E-state index contributed by atoms with van der Waals surface area (Å²) in [7, 11) is 0. The maximum atomic E-state index is 12.6. The lowest BCUT2D eigenvalue weighted by atomic mass is 9.90. The van der Waals surface area contributed by atoms with Crippen LogP contribution in [0.4, 0.5) is 13.2 Å². The number of benzene rings is 1. The molecule has 2 N–H and O–H groups in total. The zero-order valence-corrected chi connectivity index (χ0v) is 11.4. The molecule has 2 nitrogen and oxygen atoms in total. The van der Waals surface area contributed by atoms with Crippen LogP contribution in [0.15, 0.2) is 18.2 Å². The second kappa shape index (κ2) is 5.92. The van der Waals surface area contributed by atoms with Crippen LogP contribution in [-0.4, -0.2) is 18.2 Å². The molecule has 5 heteroatoms. The lowest BCUT2D eigenvalue weighted by Crippen LogP contribution is -2.36. The van der Waals surface area contributed by atoms with Crippen LogP contribution in [-0.2, 0) is 11.8 Å². The first kappa shape index (κ1) is 16.0. The lowest BCUT2D eigenvalue weighted by molar-refractivity contribution is -0.137. The summed E-state index contributed by atoms with van der Waals surface area (Å²) in [6, 6.07) is 3.44. The number of alkyl halides is 3. The monoisotopic (exact) mass is 275 g/mol. The Bertz CT molecular complexity index is 427. The van der Waals surface area contributed by atoms with Crippen molar-refractivity contribution in [2.24, 2.45) is 0 Å². The van der Waals surface area contributed by atoms with Crippen molar-refractivity contribution < 1.29 is 18.3 Å². The Labute approximate surface area is 111 Å². The van der Waals surface area contributed by atoms with Crippen molar-refractivity contribution in [2.45, 2.75) is 39.0 Å². The van der Waals surface area contributed by atoms with E-state index in [0.717, 1.165) is 25.1 Å². The molecule has 1 aromatic carbocycles. The average Bonchev–Trinajstić information content (AvgIpc) is 2.27. The molecule has 1 aromatic rings. The summed E-state index contributed by atoms with van der Waals surface area (Å²) in [6.07, 6.45) is -3.42. The van der Waals surface area contributed by atoms with Crippen LogP contribution < -0.4 is 5.32 Å². The van der Waals surface area contributed by atoms with E-state index >= 15 is 0 Å². The van der Waals surface area contributed by atoms with Crippen molar-refractivity contribution in [3.8, 4) is 0 Å². The molecule has 0 radical (unpaired) electrons. The Kier molecular flexibility index (Phi) is 4.98. The lowest BCUT2D eigenvalue weighted by Gasteiger charge is -2.26. The molecular formula is C14H20F3NO. The van der Waals surface area contributed by atoms with Gasteiger partial charge in [0.1, 0.15) is 0 Å². The SMILES string of the molecule is CCCNCC(C)(O)c1ccc(C(F)(F)F)cc1C. The topological polar surface area (TPSA) is 32.3 Å². The zero-order valence-electron chi connectivity index (χ0n) is 11.4. The van der Waals surface area contributed by atoms with Gasteiger partial charge in [-0.2, -0.15) is 13.2 Å². The molecule has 0 fully saturated rings. The fourth-order valence-electron chi connectivity index (χ4n) is 2.05. The van der Waals surface area contributed by atoms with E-state index in [2.05, 4.69) is 5.32 Å². The highest BCUT2D eigenvalue weighted by Crippen LogP contribution is 2.32. The molecule has 0 aromatic heterocycles. The number of aliphatic hydroxyl groups is 1. The summed E-state index contributed by atoms with van der Waals surface area (Å²) < 4.78 is 37.7. The Hall–Kier alpha value is -1.07. The van der Waals surface area contributed by atoms with Crippen LogP contribution in [0, 0.1) is 6.92 Å². The molecular weight excluding hydrogens is 255 g/mol. The zero-order chi connectivity index (χ0) is 14.7. The minimum atomic E-state index is -4.35. The number of aryl methyl sites for hydroxylation is 1.